The number of amides is 1. The number of carbonyl (C=O) groups is 1. The number of benzene rings is 2. The van der Waals surface area contributed by atoms with Gasteiger partial charge in [-0.2, -0.15) is 0 Å². The molecule has 0 saturated heterocycles. The Morgan fingerprint density at radius 1 is 1.11 bits per heavy atom. The summed E-state index contributed by atoms with van der Waals surface area (Å²) in [5.41, 5.74) is 1.76. The number of hydrogen-bond donors (Lipinski definition) is 2. The molecule has 3 rings (SSSR count). The summed E-state index contributed by atoms with van der Waals surface area (Å²) in [6.07, 6.45) is 1.35. The van der Waals surface area contributed by atoms with E-state index in [-0.39, 0.29) is 30.1 Å². The Morgan fingerprint density at radius 2 is 1.86 bits per heavy atom. The molecule has 0 radical (unpaired) electrons. The number of halogens is 1. The third-order valence-electron chi connectivity index (χ3n) is 3.78. The smallest absolute Gasteiger partial charge is 0.270 e. The second kappa shape index (κ2) is 8.94. The maximum atomic E-state index is 13.0. The van der Waals surface area contributed by atoms with Crippen LogP contribution in [0.25, 0.3) is 0 Å². The van der Waals surface area contributed by atoms with E-state index in [1.165, 1.54) is 18.5 Å². The van der Waals surface area contributed by atoms with Crippen LogP contribution in [0.1, 0.15) is 29.9 Å². The lowest BCUT2D eigenvalue weighted by atomic mass is 10.2. The minimum atomic E-state index is -0.346. The van der Waals surface area contributed by atoms with Gasteiger partial charge in [-0.15, -0.1) is 0 Å². The third-order valence-corrected chi connectivity index (χ3v) is 3.78. The first-order valence-electron chi connectivity index (χ1n) is 8.88. The van der Waals surface area contributed by atoms with Crippen LogP contribution in [0, 0.1) is 5.82 Å². The van der Waals surface area contributed by atoms with Crippen LogP contribution < -0.4 is 15.4 Å². The maximum absolute atomic E-state index is 13.0. The number of para-hydroxylation sites is 2. The minimum absolute atomic E-state index is 0.0288. The SMILES string of the molecule is CC(C)Oc1ccccc1Nc1cc(C(=O)NCc2ccc(F)cc2)ncn1. The van der Waals surface area contributed by atoms with Crippen molar-refractivity contribution in [1.29, 1.82) is 0 Å². The van der Waals surface area contributed by atoms with E-state index in [9.17, 15) is 9.18 Å². The molecule has 1 heterocycles. The molecule has 1 aromatic heterocycles. The molecule has 0 atom stereocenters. The molecule has 0 aliphatic heterocycles. The van der Waals surface area contributed by atoms with Gasteiger partial charge < -0.3 is 15.4 Å². The summed E-state index contributed by atoms with van der Waals surface area (Å²) in [5.74, 6) is 0.505. The van der Waals surface area contributed by atoms with E-state index < -0.39 is 0 Å². The summed E-state index contributed by atoms with van der Waals surface area (Å²) >= 11 is 0. The lowest BCUT2D eigenvalue weighted by molar-refractivity contribution is 0.0946. The number of hydrogen-bond acceptors (Lipinski definition) is 5. The Bertz CT molecular complexity index is 945. The number of nitrogens with one attached hydrogen (secondary N) is 2. The molecule has 1 amide bonds. The lowest BCUT2D eigenvalue weighted by Crippen LogP contribution is -2.24. The quantitative estimate of drug-likeness (QED) is 0.646. The second-order valence-electron chi connectivity index (χ2n) is 6.39. The van der Waals surface area contributed by atoms with E-state index in [0.717, 1.165) is 11.3 Å². The molecule has 3 aromatic rings. The number of ether oxygens (including phenoxy) is 1. The highest BCUT2D eigenvalue weighted by atomic mass is 19.1. The summed E-state index contributed by atoms with van der Waals surface area (Å²) in [5, 5.41) is 5.91. The Morgan fingerprint density at radius 3 is 2.61 bits per heavy atom. The number of nitrogens with zero attached hydrogens (tertiary/aromatic N) is 2. The van der Waals surface area contributed by atoms with Crippen molar-refractivity contribution >= 4 is 17.4 Å². The molecule has 0 unspecified atom stereocenters. The number of rotatable bonds is 7. The molecular weight excluding hydrogens is 359 g/mol. The monoisotopic (exact) mass is 380 g/mol. The van der Waals surface area contributed by atoms with Crippen molar-refractivity contribution in [3.63, 3.8) is 0 Å². The van der Waals surface area contributed by atoms with Gasteiger partial charge in [-0.3, -0.25) is 4.79 Å². The highest BCUT2D eigenvalue weighted by Crippen LogP contribution is 2.27. The van der Waals surface area contributed by atoms with E-state index in [1.807, 2.05) is 38.1 Å². The third kappa shape index (κ3) is 5.26. The summed E-state index contributed by atoms with van der Waals surface area (Å²) in [4.78, 5) is 20.6. The number of anilines is 2. The summed E-state index contributed by atoms with van der Waals surface area (Å²) in [6, 6.07) is 15.0. The predicted octanol–water partition coefficient (Wildman–Crippen LogP) is 4.08. The molecule has 0 aliphatic carbocycles. The summed E-state index contributed by atoms with van der Waals surface area (Å²) < 4.78 is 18.7. The van der Waals surface area contributed by atoms with Gasteiger partial charge in [0.2, 0.25) is 0 Å². The van der Waals surface area contributed by atoms with Crippen LogP contribution in [0.15, 0.2) is 60.9 Å². The highest BCUT2D eigenvalue weighted by molar-refractivity contribution is 5.93. The Labute approximate surface area is 162 Å². The van der Waals surface area contributed by atoms with Gasteiger partial charge in [0.1, 0.15) is 29.4 Å². The molecule has 0 saturated carbocycles. The normalized spacial score (nSPS) is 10.6. The van der Waals surface area contributed by atoms with Crippen molar-refractivity contribution in [2.45, 2.75) is 26.5 Å². The van der Waals surface area contributed by atoms with Crippen molar-refractivity contribution in [3.8, 4) is 5.75 Å². The molecular formula is C21H21FN4O2. The van der Waals surface area contributed by atoms with Crippen molar-refractivity contribution in [1.82, 2.24) is 15.3 Å². The molecule has 0 fully saturated rings. The van der Waals surface area contributed by atoms with Crippen molar-refractivity contribution in [2.24, 2.45) is 0 Å². The van der Waals surface area contributed by atoms with Gasteiger partial charge in [0.05, 0.1) is 11.8 Å². The van der Waals surface area contributed by atoms with Gasteiger partial charge >= 0.3 is 0 Å². The van der Waals surface area contributed by atoms with Crippen molar-refractivity contribution < 1.29 is 13.9 Å². The Balaban J connectivity index is 1.68. The molecule has 0 aliphatic rings. The average Bonchev–Trinajstić information content (AvgIpc) is 2.69. The zero-order chi connectivity index (χ0) is 19.9. The molecule has 144 valence electrons. The molecule has 2 N–H and O–H groups in total. The van der Waals surface area contributed by atoms with Gasteiger partial charge in [0, 0.05) is 12.6 Å². The molecule has 6 nitrogen and oxygen atoms in total. The van der Waals surface area contributed by atoms with Crippen LogP contribution in [0.5, 0.6) is 5.75 Å². The molecule has 28 heavy (non-hydrogen) atoms. The molecule has 7 heteroatoms. The fraction of sp³-hybridized carbons (Fsp3) is 0.190. The van der Waals surface area contributed by atoms with Crippen molar-refractivity contribution in [3.05, 3.63) is 78.0 Å². The van der Waals surface area contributed by atoms with Crippen LogP contribution in [-0.4, -0.2) is 22.0 Å². The maximum Gasteiger partial charge on any atom is 0.270 e. The van der Waals surface area contributed by atoms with E-state index >= 15 is 0 Å². The zero-order valence-electron chi connectivity index (χ0n) is 15.6. The van der Waals surface area contributed by atoms with E-state index in [1.54, 1.807) is 18.2 Å². The largest absolute Gasteiger partial charge is 0.489 e. The van der Waals surface area contributed by atoms with Gasteiger partial charge in [-0.1, -0.05) is 24.3 Å². The van der Waals surface area contributed by atoms with Gasteiger partial charge in [0.15, 0.2) is 0 Å². The Hall–Kier alpha value is -3.48. The standard InChI is InChI=1S/C21H21FN4O2/c1-14(2)28-19-6-4-3-5-17(19)26-20-11-18(24-13-25-20)21(27)23-12-15-7-9-16(22)10-8-15/h3-11,13-14H,12H2,1-2H3,(H,23,27)(H,24,25,26). The molecule has 2 aromatic carbocycles. The summed E-state index contributed by atoms with van der Waals surface area (Å²) in [7, 11) is 0. The van der Waals surface area contributed by atoms with Gasteiger partial charge in [-0.05, 0) is 43.7 Å². The molecule has 0 spiro atoms. The topological polar surface area (TPSA) is 76.1 Å². The number of aromatic nitrogens is 2. The Kier molecular flexibility index (Phi) is 6.16. The average molecular weight is 380 g/mol. The fourth-order valence-electron chi connectivity index (χ4n) is 2.49. The van der Waals surface area contributed by atoms with Crippen LogP contribution >= 0.6 is 0 Å². The van der Waals surface area contributed by atoms with Gasteiger partial charge in [-0.25, -0.2) is 14.4 Å². The first-order chi connectivity index (χ1) is 13.5. The second-order valence-corrected chi connectivity index (χ2v) is 6.39. The van der Waals surface area contributed by atoms with E-state index in [0.29, 0.717) is 11.6 Å². The van der Waals surface area contributed by atoms with Crippen molar-refractivity contribution in [2.75, 3.05) is 5.32 Å². The lowest BCUT2D eigenvalue weighted by Gasteiger charge is -2.15. The first-order valence-corrected chi connectivity index (χ1v) is 8.88. The van der Waals surface area contributed by atoms with Crippen LogP contribution in [0.2, 0.25) is 0 Å². The minimum Gasteiger partial charge on any atom is -0.489 e. The van der Waals surface area contributed by atoms with Gasteiger partial charge in [0.25, 0.3) is 5.91 Å². The highest BCUT2D eigenvalue weighted by Gasteiger charge is 2.11. The zero-order valence-corrected chi connectivity index (χ0v) is 15.6. The van der Waals surface area contributed by atoms with Crippen LogP contribution in [0.4, 0.5) is 15.9 Å². The van der Waals surface area contributed by atoms with Crippen LogP contribution in [0.3, 0.4) is 0 Å². The molecule has 0 bridgehead atoms. The van der Waals surface area contributed by atoms with E-state index in [2.05, 4.69) is 20.6 Å². The van der Waals surface area contributed by atoms with Crippen LogP contribution in [-0.2, 0) is 6.54 Å². The number of carbonyl (C=O) groups excluding carboxylic acids is 1. The first kappa shape index (κ1) is 19.3. The fourth-order valence-corrected chi connectivity index (χ4v) is 2.49. The van der Waals surface area contributed by atoms with E-state index in [4.69, 9.17) is 4.74 Å². The predicted molar refractivity (Wildman–Crippen MR) is 105 cm³/mol. The summed E-state index contributed by atoms with van der Waals surface area (Å²) in [6.45, 7) is 4.17.